The van der Waals surface area contributed by atoms with Gasteiger partial charge in [0.1, 0.15) is 24.4 Å². The molecule has 0 aliphatic heterocycles. The number of hydrogen-bond acceptors (Lipinski definition) is 8. The van der Waals surface area contributed by atoms with Crippen LogP contribution in [0.15, 0.2) is 0 Å². The van der Waals surface area contributed by atoms with Crippen molar-refractivity contribution in [3.8, 4) is 0 Å². The Kier molecular flexibility index (Phi) is 6.33. The minimum Gasteiger partial charge on any atom is -0.394 e. The summed E-state index contributed by atoms with van der Waals surface area (Å²) in [6, 6.07) is 0. The fourth-order valence-corrected chi connectivity index (χ4v) is 1.24. The second kappa shape index (κ2) is 6.45. The molecule has 0 radical (unpaired) electrons. The third-order valence-corrected chi connectivity index (χ3v) is 2.34. The van der Waals surface area contributed by atoms with Gasteiger partial charge in [-0.05, 0) is 0 Å². The molecule has 16 heavy (non-hydrogen) atoms. The van der Waals surface area contributed by atoms with E-state index < -0.39 is 47.7 Å². The summed E-state index contributed by atoms with van der Waals surface area (Å²) in [6.07, 6.45) is -6.22. The van der Waals surface area contributed by atoms with Crippen LogP contribution in [-0.4, -0.2) is 77.8 Å². The van der Waals surface area contributed by atoms with Gasteiger partial charge in [-0.15, -0.1) is 0 Å². The van der Waals surface area contributed by atoms with Crippen molar-refractivity contribution >= 4 is 10.1 Å². The maximum absolute atomic E-state index is 10.6. The fraction of sp³-hybridized carbons (Fsp3) is 1.00. The number of rotatable bonds is 7. The molecular formula is C7H16O8S. The van der Waals surface area contributed by atoms with Crippen molar-refractivity contribution < 1.29 is 38.1 Å². The van der Waals surface area contributed by atoms with Gasteiger partial charge >= 0.3 is 0 Å². The first-order valence-electron chi connectivity index (χ1n) is 4.36. The molecule has 4 atom stereocenters. The van der Waals surface area contributed by atoms with E-state index in [4.69, 9.17) is 15.3 Å². The highest BCUT2D eigenvalue weighted by atomic mass is 32.2. The van der Waals surface area contributed by atoms with E-state index in [9.17, 15) is 18.6 Å². The van der Waals surface area contributed by atoms with Gasteiger partial charge in [0.05, 0.1) is 19.5 Å². The predicted octanol–water partition coefficient (Wildman–Crippen LogP) is -3.60. The maximum atomic E-state index is 10.6. The van der Waals surface area contributed by atoms with Crippen molar-refractivity contribution in [2.45, 2.75) is 24.4 Å². The first-order valence-corrected chi connectivity index (χ1v) is 6.18. The van der Waals surface area contributed by atoms with Gasteiger partial charge in [-0.2, -0.15) is 8.42 Å². The zero-order valence-electron chi connectivity index (χ0n) is 8.59. The summed E-state index contributed by atoms with van der Waals surface area (Å²) in [5.74, 6) is 0. The van der Waals surface area contributed by atoms with Crippen LogP contribution in [0.1, 0.15) is 0 Å². The van der Waals surface area contributed by atoms with Gasteiger partial charge in [-0.3, -0.25) is 4.18 Å². The van der Waals surface area contributed by atoms with Crippen molar-refractivity contribution in [1.29, 1.82) is 0 Å². The topological polar surface area (TPSA) is 145 Å². The van der Waals surface area contributed by atoms with Crippen molar-refractivity contribution in [1.82, 2.24) is 0 Å². The molecule has 0 heterocycles. The van der Waals surface area contributed by atoms with E-state index in [0.29, 0.717) is 0 Å². The fourth-order valence-electron chi connectivity index (χ4n) is 0.855. The van der Waals surface area contributed by atoms with E-state index >= 15 is 0 Å². The molecule has 0 fully saturated rings. The summed E-state index contributed by atoms with van der Waals surface area (Å²) in [5.41, 5.74) is 0. The lowest BCUT2D eigenvalue weighted by Crippen LogP contribution is -2.47. The zero-order valence-corrected chi connectivity index (χ0v) is 9.41. The maximum Gasteiger partial charge on any atom is 0.264 e. The van der Waals surface area contributed by atoms with E-state index in [0.717, 1.165) is 6.26 Å². The lowest BCUT2D eigenvalue weighted by atomic mass is 10.0. The Morgan fingerprint density at radius 3 is 1.88 bits per heavy atom. The molecule has 0 saturated heterocycles. The molecule has 0 amide bonds. The van der Waals surface area contributed by atoms with E-state index in [1.807, 2.05) is 0 Å². The third-order valence-electron chi connectivity index (χ3n) is 1.78. The smallest absolute Gasteiger partial charge is 0.264 e. The molecule has 0 bridgehead atoms. The summed E-state index contributed by atoms with van der Waals surface area (Å²) >= 11 is 0. The highest BCUT2D eigenvalue weighted by molar-refractivity contribution is 7.85. The first kappa shape index (κ1) is 15.7. The molecule has 5 N–H and O–H groups in total. The average molecular weight is 260 g/mol. The van der Waals surface area contributed by atoms with Crippen LogP contribution in [0.3, 0.4) is 0 Å². The minimum atomic E-state index is -3.77. The summed E-state index contributed by atoms with van der Waals surface area (Å²) < 4.78 is 25.3. The number of aliphatic hydroxyl groups excluding tert-OH is 5. The zero-order chi connectivity index (χ0) is 12.9. The van der Waals surface area contributed by atoms with Crippen molar-refractivity contribution in [3.05, 3.63) is 0 Å². The van der Waals surface area contributed by atoms with Crippen LogP contribution in [0, 0.1) is 0 Å². The summed E-state index contributed by atoms with van der Waals surface area (Å²) in [6.45, 7) is -1.56. The molecule has 0 saturated carbocycles. The molecule has 98 valence electrons. The Labute approximate surface area is 92.8 Å². The van der Waals surface area contributed by atoms with Gasteiger partial charge in [0, 0.05) is 0 Å². The Balaban J connectivity index is 4.22. The lowest BCUT2D eigenvalue weighted by molar-refractivity contribution is -0.121. The molecule has 0 spiro atoms. The van der Waals surface area contributed by atoms with E-state index in [-0.39, 0.29) is 0 Å². The molecule has 0 aromatic rings. The van der Waals surface area contributed by atoms with Crippen LogP contribution in [0.25, 0.3) is 0 Å². The highest BCUT2D eigenvalue weighted by Crippen LogP contribution is 2.06. The Hall–Kier alpha value is -0.290. The first-order chi connectivity index (χ1) is 7.19. The van der Waals surface area contributed by atoms with Gasteiger partial charge in [-0.25, -0.2) is 0 Å². The quantitative estimate of drug-likeness (QED) is 0.295. The molecule has 0 aromatic heterocycles. The predicted molar refractivity (Wildman–Crippen MR) is 51.9 cm³/mol. The van der Waals surface area contributed by atoms with Crippen LogP contribution in [-0.2, 0) is 14.3 Å². The number of hydrogen-bond donors (Lipinski definition) is 5. The van der Waals surface area contributed by atoms with Gasteiger partial charge in [0.15, 0.2) is 0 Å². The van der Waals surface area contributed by atoms with Gasteiger partial charge in [-0.1, -0.05) is 0 Å². The summed E-state index contributed by atoms with van der Waals surface area (Å²) in [5, 5.41) is 45.0. The molecule has 8 nitrogen and oxygen atoms in total. The Morgan fingerprint density at radius 2 is 1.50 bits per heavy atom. The van der Waals surface area contributed by atoms with E-state index in [1.54, 1.807) is 0 Å². The van der Waals surface area contributed by atoms with Gasteiger partial charge in [0.25, 0.3) is 10.1 Å². The molecule has 0 aromatic carbocycles. The van der Waals surface area contributed by atoms with Crippen LogP contribution < -0.4 is 0 Å². The summed E-state index contributed by atoms with van der Waals surface area (Å²) in [7, 11) is -3.77. The molecule has 0 rings (SSSR count). The van der Waals surface area contributed by atoms with Crippen molar-refractivity contribution in [2.24, 2.45) is 0 Å². The van der Waals surface area contributed by atoms with E-state index in [2.05, 4.69) is 4.18 Å². The van der Waals surface area contributed by atoms with Crippen LogP contribution in [0.4, 0.5) is 0 Å². The normalized spacial score (nSPS) is 20.1. The van der Waals surface area contributed by atoms with Crippen molar-refractivity contribution in [2.75, 3.05) is 19.5 Å². The molecule has 9 heteroatoms. The average Bonchev–Trinajstić information content (AvgIpc) is 2.21. The Bertz CT molecular complexity index is 289. The molecule has 0 aliphatic carbocycles. The highest BCUT2D eigenvalue weighted by Gasteiger charge is 2.30. The second-order valence-electron chi connectivity index (χ2n) is 3.29. The monoisotopic (exact) mass is 260 g/mol. The van der Waals surface area contributed by atoms with Crippen LogP contribution in [0.5, 0.6) is 0 Å². The second-order valence-corrected chi connectivity index (χ2v) is 4.93. The standard InChI is InChI=1S/C7H16O8S/c1-16(13,14)15-3-5(10)7(12)6(11)4(9)2-8/h4-12H,2-3H2,1H3/t4-,5+,6-,7-/m1/s1. The van der Waals surface area contributed by atoms with Crippen LogP contribution >= 0.6 is 0 Å². The lowest BCUT2D eigenvalue weighted by Gasteiger charge is -2.25. The van der Waals surface area contributed by atoms with Crippen LogP contribution in [0.2, 0.25) is 0 Å². The van der Waals surface area contributed by atoms with Gasteiger partial charge in [0.2, 0.25) is 0 Å². The molecule has 0 aliphatic rings. The SMILES string of the molecule is CS(=O)(=O)OC[C@H](O)[C@@H](O)[C@H](O)[C@H](O)CO. The summed E-state index contributed by atoms with van der Waals surface area (Å²) in [4.78, 5) is 0. The van der Waals surface area contributed by atoms with E-state index in [1.165, 1.54) is 0 Å². The number of aliphatic hydroxyl groups is 5. The largest absolute Gasteiger partial charge is 0.394 e. The molecule has 0 unspecified atom stereocenters. The molecular weight excluding hydrogens is 244 g/mol. The Morgan fingerprint density at radius 1 is 1.06 bits per heavy atom. The third kappa shape index (κ3) is 5.70. The van der Waals surface area contributed by atoms with Crippen molar-refractivity contribution in [3.63, 3.8) is 0 Å². The van der Waals surface area contributed by atoms with Gasteiger partial charge < -0.3 is 25.5 Å². The minimum absolute atomic E-state index is 0.755.